The van der Waals surface area contributed by atoms with E-state index in [0.29, 0.717) is 11.9 Å². The van der Waals surface area contributed by atoms with E-state index in [0.717, 1.165) is 32.4 Å². The molecule has 0 N–H and O–H groups in total. The smallest absolute Gasteiger partial charge is 0.228 e. The molecule has 2 aliphatic rings. The molecule has 0 atom stereocenters. The van der Waals surface area contributed by atoms with Crippen molar-refractivity contribution >= 4 is 5.91 Å². The quantitative estimate of drug-likeness (QED) is 0.787. The first kappa shape index (κ1) is 15.8. The largest absolute Gasteiger partial charge is 0.342 e. The van der Waals surface area contributed by atoms with Crippen LogP contribution in [0, 0.1) is 5.41 Å². The molecule has 1 amide bonds. The van der Waals surface area contributed by atoms with Gasteiger partial charge in [0.05, 0.1) is 0 Å². The minimum atomic E-state index is -0.194. The van der Waals surface area contributed by atoms with Crippen LogP contribution in [0.4, 0.5) is 0 Å². The summed E-state index contributed by atoms with van der Waals surface area (Å²) in [4.78, 5) is 19.6. The molecule has 0 spiro atoms. The van der Waals surface area contributed by atoms with Gasteiger partial charge >= 0.3 is 0 Å². The highest BCUT2D eigenvalue weighted by molar-refractivity contribution is 5.82. The average Bonchev–Trinajstić information content (AvgIpc) is 2.47. The molecular formula is C16H31N3O. The van der Waals surface area contributed by atoms with E-state index in [1.54, 1.807) is 0 Å². The third-order valence-electron chi connectivity index (χ3n) is 5.27. The van der Waals surface area contributed by atoms with Crippen LogP contribution < -0.4 is 0 Å². The zero-order chi connectivity index (χ0) is 14.8. The van der Waals surface area contributed by atoms with Gasteiger partial charge in [-0.1, -0.05) is 20.8 Å². The van der Waals surface area contributed by atoms with E-state index in [2.05, 4.69) is 42.5 Å². The van der Waals surface area contributed by atoms with E-state index < -0.39 is 0 Å². The molecule has 2 rings (SSSR count). The van der Waals surface area contributed by atoms with Gasteiger partial charge in [0.25, 0.3) is 0 Å². The molecule has 20 heavy (non-hydrogen) atoms. The highest BCUT2D eigenvalue weighted by Crippen LogP contribution is 2.26. The molecular weight excluding hydrogens is 250 g/mol. The first-order valence-corrected chi connectivity index (χ1v) is 8.16. The second-order valence-corrected chi connectivity index (χ2v) is 7.10. The van der Waals surface area contributed by atoms with Gasteiger partial charge in [0.15, 0.2) is 0 Å². The van der Waals surface area contributed by atoms with Crippen molar-refractivity contribution in [1.82, 2.24) is 14.7 Å². The average molecular weight is 281 g/mol. The van der Waals surface area contributed by atoms with E-state index in [9.17, 15) is 4.79 Å². The highest BCUT2D eigenvalue weighted by atomic mass is 16.2. The van der Waals surface area contributed by atoms with Crippen molar-refractivity contribution in [3.05, 3.63) is 0 Å². The van der Waals surface area contributed by atoms with Crippen molar-refractivity contribution < 1.29 is 4.79 Å². The van der Waals surface area contributed by atoms with E-state index in [-0.39, 0.29) is 5.41 Å². The minimum Gasteiger partial charge on any atom is -0.342 e. The van der Waals surface area contributed by atoms with Crippen LogP contribution in [0.15, 0.2) is 0 Å². The van der Waals surface area contributed by atoms with Gasteiger partial charge in [0, 0.05) is 50.7 Å². The van der Waals surface area contributed by atoms with E-state index in [1.165, 1.54) is 26.2 Å². The van der Waals surface area contributed by atoms with Crippen molar-refractivity contribution in [2.75, 3.05) is 46.3 Å². The molecule has 0 aromatic carbocycles. The number of piperidine rings is 1. The maximum absolute atomic E-state index is 12.5. The fourth-order valence-corrected chi connectivity index (χ4v) is 3.20. The summed E-state index contributed by atoms with van der Waals surface area (Å²) in [5.74, 6) is 0.344. The monoisotopic (exact) mass is 281 g/mol. The Morgan fingerprint density at radius 1 is 1.05 bits per heavy atom. The molecule has 2 saturated heterocycles. The lowest BCUT2D eigenvalue weighted by molar-refractivity contribution is -0.142. The molecule has 0 aromatic heterocycles. The van der Waals surface area contributed by atoms with E-state index >= 15 is 0 Å². The number of likely N-dealkylation sites (tertiary alicyclic amines) is 1. The minimum absolute atomic E-state index is 0.194. The predicted octanol–water partition coefficient (Wildman–Crippen LogP) is 1.66. The topological polar surface area (TPSA) is 26.8 Å². The molecule has 0 bridgehead atoms. The van der Waals surface area contributed by atoms with E-state index in [4.69, 9.17) is 0 Å². The Hall–Kier alpha value is -0.610. The van der Waals surface area contributed by atoms with Gasteiger partial charge in [-0.3, -0.25) is 9.69 Å². The first-order valence-electron chi connectivity index (χ1n) is 8.16. The van der Waals surface area contributed by atoms with Gasteiger partial charge in [0.2, 0.25) is 5.91 Å². The summed E-state index contributed by atoms with van der Waals surface area (Å²) in [6.07, 6.45) is 3.22. The lowest BCUT2D eigenvalue weighted by Crippen LogP contribution is -2.54. The van der Waals surface area contributed by atoms with Gasteiger partial charge < -0.3 is 9.80 Å². The summed E-state index contributed by atoms with van der Waals surface area (Å²) in [7, 11) is 2.20. The van der Waals surface area contributed by atoms with Gasteiger partial charge in [-0.25, -0.2) is 0 Å². The number of rotatable bonds is 3. The SMILES string of the molecule is CCC(C)(C)C(=O)N1CCC(N2CCN(C)CC2)CC1. The summed E-state index contributed by atoms with van der Waals surface area (Å²) in [6.45, 7) is 12.9. The number of piperazine rings is 1. The first-order chi connectivity index (χ1) is 9.44. The molecule has 0 aliphatic carbocycles. The molecule has 2 aliphatic heterocycles. The van der Waals surface area contributed by atoms with Crippen molar-refractivity contribution in [2.24, 2.45) is 5.41 Å². The third-order valence-corrected chi connectivity index (χ3v) is 5.27. The standard InChI is InChI=1S/C16H31N3O/c1-5-16(2,3)15(20)19-8-6-14(7-9-19)18-12-10-17(4)11-13-18/h14H,5-13H2,1-4H3. The molecule has 0 saturated carbocycles. The molecule has 2 heterocycles. The normalized spacial score (nSPS) is 24.1. The Bertz CT molecular complexity index is 327. The van der Waals surface area contributed by atoms with Gasteiger partial charge in [-0.05, 0) is 26.3 Å². The van der Waals surface area contributed by atoms with Crippen molar-refractivity contribution in [1.29, 1.82) is 0 Å². The number of hydrogen-bond donors (Lipinski definition) is 0. The van der Waals surface area contributed by atoms with Crippen LogP contribution in [0.3, 0.4) is 0 Å². The van der Waals surface area contributed by atoms with Crippen LogP contribution in [0.5, 0.6) is 0 Å². The fraction of sp³-hybridized carbons (Fsp3) is 0.938. The number of nitrogens with zero attached hydrogens (tertiary/aromatic N) is 3. The second-order valence-electron chi connectivity index (χ2n) is 7.10. The van der Waals surface area contributed by atoms with Gasteiger partial charge in [-0.2, -0.15) is 0 Å². The summed E-state index contributed by atoms with van der Waals surface area (Å²) in [6, 6.07) is 0.692. The molecule has 0 radical (unpaired) electrons. The maximum atomic E-state index is 12.5. The third kappa shape index (κ3) is 3.53. The number of amides is 1. The Morgan fingerprint density at radius 2 is 1.60 bits per heavy atom. The van der Waals surface area contributed by atoms with E-state index in [1.807, 2.05) is 0 Å². The van der Waals surface area contributed by atoms with Crippen LogP contribution in [0.25, 0.3) is 0 Å². The summed E-state index contributed by atoms with van der Waals surface area (Å²) < 4.78 is 0. The molecule has 4 heteroatoms. The Kier molecular flexibility index (Phi) is 5.08. The highest BCUT2D eigenvalue weighted by Gasteiger charge is 2.34. The fourth-order valence-electron chi connectivity index (χ4n) is 3.20. The second kappa shape index (κ2) is 6.44. The van der Waals surface area contributed by atoms with Gasteiger partial charge in [0.1, 0.15) is 0 Å². The maximum Gasteiger partial charge on any atom is 0.228 e. The zero-order valence-corrected chi connectivity index (χ0v) is 13.7. The summed E-state index contributed by atoms with van der Waals surface area (Å²) in [5, 5.41) is 0. The number of carbonyl (C=O) groups is 1. The Labute approximate surface area is 124 Å². The number of likely N-dealkylation sites (N-methyl/N-ethyl adjacent to an activating group) is 1. The van der Waals surface area contributed by atoms with Crippen LogP contribution >= 0.6 is 0 Å². The lowest BCUT2D eigenvalue weighted by Gasteiger charge is -2.43. The molecule has 116 valence electrons. The van der Waals surface area contributed by atoms with Crippen LogP contribution in [0.2, 0.25) is 0 Å². The lowest BCUT2D eigenvalue weighted by atomic mass is 9.87. The van der Waals surface area contributed by atoms with Crippen molar-refractivity contribution in [3.8, 4) is 0 Å². The summed E-state index contributed by atoms with van der Waals surface area (Å²) >= 11 is 0. The van der Waals surface area contributed by atoms with Crippen molar-refractivity contribution in [3.63, 3.8) is 0 Å². The van der Waals surface area contributed by atoms with Gasteiger partial charge in [-0.15, -0.1) is 0 Å². The Balaban J connectivity index is 1.82. The molecule has 4 nitrogen and oxygen atoms in total. The zero-order valence-electron chi connectivity index (χ0n) is 13.7. The van der Waals surface area contributed by atoms with Crippen molar-refractivity contribution in [2.45, 2.75) is 46.1 Å². The summed E-state index contributed by atoms with van der Waals surface area (Å²) in [5.41, 5.74) is -0.194. The van der Waals surface area contributed by atoms with Crippen LogP contribution in [-0.2, 0) is 4.79 Å². The number of hydrogen-bond acceptors (Lipinski definition) is 3. The molecule has 0 aromatic rings. The van der Waals surface area contributed by atoms with Crippen LogP contribution in [0.1, 0.15) is 40.0 Å². The molecule has 0 unspecified atom stereocenters. The predicted molar refractivity (Wildman–Crippen MR) is 82.7 cm³/mol. The molecule has 2 fully saturated rings. The number of carbonyl (C=O) groups excluding carboxylic acids is 1. The van der Waals surface area contributed by atoms with Crippen LogP contribution in [-0.4, -0.2) is 73.0 Å². The Morgan fingerprint density at radius 3 is 2.10 bits per heavy atom.